The van der Waals surface area contributed by atoms with Crippen LogP contribution in [0, 0.1) is 0 Å². The van der Waals surface area contributed by atoms with Crippen LogP contribution in [0.5, 0.6) is 5.75 Å². The fourth-order valence-electron chi connectivity index (χ4n) is 1.63. The highest BCUT2D eigenvalue weighted by Crippen LogP contribution is 2.33. The number of hydrogen-bond acceptors (Lipinski definition) is 5. The first-order chi connectivity index (χ1) is 8.72. The number of nitrogens with zero attached hydrogens (tertiary/aromatic N) is 2. The number of hydrogen-bond donors (Lipinski definition) is 2. The average molecular weight is 282 g/mol. The van der Waals surface area contributed by atoms with E-state index in [0.29, 0.717) is 11.1 Å². The topological polar surface area (TPSA) is 58.0 Å². The van der Waals surface area contributed by atoms with E-state index in [0.717, 1.165) is 22.1 Å². The lowest BCUT2D eigenvalue weighted by Crippen LogP contribution is -2.14. The Balaban J connectivity index is 1.80. The summed E-state index contributed by atoms with van der Waals surface area (Å²) in [7, 11) is 0. The van der Waals surface area contributed by atoms with Gasteiger partial charge in [0.25, 0.3) is 0 Å². The van der Waals surface area contributed by atoms with Crippen molar-refractivity contribution in [3.63, 3.8) is 0 Å². The average Bonchev–Trinajstić information content (AvgIpc) is 3.08. The highest BCUT2D eigenvalue weighted by molar-refractivity contribution is 7.14. The van der Waals surface area contributed by atoms with E-state index in [1.54, 1.807) is 18.2 Å². The van der Waals surface area contributed by atoms with Gasteiger partial charge in [-0.3, -0.25) is 0 Å². The molecule has 18 heavy (non-hydrogen) atoms. The summed E-state index contributed by atoms with van der Waals surface area (Å²) in [4.78, 5) is 0. The quantitative estimate of drug-likeness (QED) is 0.905. The Labute approximate surface area is 114 Å². The highest BCUT2D eigenvalue weighted by atomic mass is 35.5. The Morgan fingerprint density at radius 2 is 2.22 bits per heavy atom. The molecule has 0 radical (unpaired) electrons. The van der Waals surface area contributed by atoms with Crippen molar-refractivity contribution in [3.05, 3.63) is 28.2 Å². The molecular formula is C12H12ClN3OS. The zero-order valence-electron chi connectivity index (χ0n) is 9.56. The molecule has 0 amide bonds. The van der Waals surface area contributed by atoms with Crippen LogP contribution >= 0.6 is 22.9 Å². The van der Waals surface area contributed by atoms with E-state index in [-0.39, 0.29) is 5.75 Å². The number of aromatic hydroxyl groups is 1. The maximum atomic E-state index is 9.48. The standard InChI is InChI=1S/C12H12ClN3OS/c13-10-4-3-8(17)5-9(10)12-16-15-11(18-12)6-14-7-1-2-7/h3-5,7,14,17H,1-2,6H2. The fourth-order valence-corrected chi connectivity index (χ4v) is 2.71. The molecule has 1 aromatic heterocycles. The normalized spacial score (nSPS) is 14.9. The van der Waals surface area contributed by atoms with Gasteiger partial charge in [-0.1, -0.05) is 22.9 Å². The monoisotopic (exact) mass is 281 g/mol. The summed E-state index contributed by atoms with van der Waals surface area (Å²) in [6.07, 6.45) is 2.51. The van der Waals surface area contributed by atoms with Crippen molar-refractivity contribution in [3.8, 4) is 16.3 Å². The Morgan fingerprint density at radius 1 is 1.39 bits per heavy atom. The number of phenols is 1. The Morgan fingerprint density at radius 3 is 3.00 bits per heavy atom. The molecule has 2 aromatic rings. The Bertz CT molecular complexity index is 568. The summed E-state index contributed by atoms with van der Waals surface area (Å²) in [6.45, 7) is 0.749. The van der Waals surface area contributed by atoms with Gasteiger partial charge in [0.15, 0.2) is 0 Å². The molecule has 1 aliphatic rings. The van der Waals surface area contributed by atoms with E-state index in [1.807, 2.05) is 0 Å². The van der Waals surface area contributed by atoms with Crippen LogP contribution < -0.4 is 5.32 Å². The predicted octanol–water partition coefficient (Wildman–Crippen LogP) is 2.82. The summed E-state index contributed by atoms with van der Waals surface area (Å²) < 4.78 is 0. The largest absolute Gasteiger partial charge is 0.508 e. The van der Waals surface area contributed by atoms with Crippen molar-refractivity contribution in [1.29, 1.82) is 0 Å². The van der Waals surface area contributed by atoms with Gasteiger partial charge in [-0.15, -0.1) is 10.2 Å². The molecule has 0 atom stereocenters. The minimum Gasteiger partial charge on any atom is -0.508 e. The van der Waals surface area contributed by atoms with E-state index in [4.69, 9.17) is 11.6 Å². The third kappa shape index (κ3) is 2.63. The summed E-state index contributed by atoms with van der Waals surface area (Å²) in [5, 5.41) is 23.4. The van der Waals surface area contributed by atoms with E-state index < -0.39 is 0 Å². The predicted molar refractivity (Wildman–Crippen MR) is 71.9 cm³/mol. The minimum absolute atomic E-state index is 0.183. The summed E-state index contributed by atoms with van der Waals surface area (Å²) in [5.74, 6) is 0.183. The molecule has 1 fully saturated rings. The van der Waals surface area contributed by atoms with Crippen molar-refractivity contribution in [2.45, 2.75) is 25.4 Å². The molecule has 1 aromatic carbocycles. The molecule has 0 spiro atoms. The zero-order chi connectivity index (χ0) is 12.5. The van der Waals surface area contributed by atoms with Gasteiger partial charge in [0.2, 0.25) is 0 Å². The van der Waals surface area contributed by atoms with Crippen molar-refractivity contribution in [2.24, 2.45) is 0 Å². The third-order valence-corrected chi connectivity index (χ3v) is 4.05. The van der Waals surface area contributed by atoms with E-state index in [1.165, 1.54) is 24.2 Å². The van der Waals surface area contributed by atoms with Gasteiger partial charge in [-0.25, -0.2) is 0 Å². The molecule has 0 unspecified atom stereocenters. The molecular weight excluding hydrogens is 270 g/mol. The summed E-state index contributed by atoms with van der Waals surface area (Å²) in [5.41, 5.74) is 0.729. The second-order valence-electron chi connectivity index (χ2n) is 4.32. The molecule has 2 N–H and O–H groups in total. The van der Waals surface area contributed by atoms with Crippen LogP contribution in [0.2, 0.25) is 5.02 Å². The van der Waals surface area contributed by atoms with E-state index in [2.05, 4.69) is 15.5 Å². The van der Waals surface area contributed by atoms with Crippen LogP contribution in [0.1, 0.15) is 17.8 Å². The molecule has 3 rings (SSSR count). The Hall–Kier alpha value is -1.17. The van der Waals surface area contributed by atoms with Crippen LogP contribution in [0.4, 0.5) is 0 Å². The SMILES string of the molecule is Oc1ccc(Cl)c(-c2nnc(CNC3CC3)s2)c1. The van der Waals surface area contributed by atoms with Crippen molar-refractivity contribution in [2.75, 3.05) is 0 Å². The lowest BCUT2D eigenvalue weighted by atomic mass is 10.2. The second kappa shape index (κ2) is 4.84. The maximum Gasteiger partial charge on any atom is 0.149 e. The second-order valence-corrected chi connectivity index (χ2v) is 5.79. The Kier molecular flexibility index (Phi) is 3.20. The van der Waals surface area contributed by atoms with Crippen LogP contribution in [-0.4, -0.2) is 21.3 Å². The summed E-state index contributed by atoms with van der Waals surface area (Å²) >= 11 is 7.59. The number of benzene rings is 1. The van der Waals surface area contributed by atoms with Gasteiger partial charge in [-0.05, 0) is 31.0 Å². The molecule has 0 bridgehead atoms. The molecule has 1 saturated carbocycles. The van der Waals surface area contributed by atoms with Gasteiger partial charge in [-0.2, -0.15) is 0 Å². The first kappa shape index (κ1) is 11.9. The smallest absolute Gasteiger partial charge is 0.149 e. The van der Waals surface area contributed by atoms with Gasteiger partial charge in [0, 0.05) is 18.2 Å². The first-order valence-electron chi connectivity index (χ1n) is 5.77. The molecule has 4 nitrogen and oxygen atoms in total. The van der Waals surface area contributed by atoms with Gasteiger partial charge in [0.1, 0.15) is 15.8 Å². The first-order valence-corrected chi connectivity index (χ1v) is 6.96. The maximum absolute atomic E-state index is 9.48. The third-order valence-electron chi connectivity index (χ3n) is 2.77. The molecule has 94 valence electrons. The van der Waals surface area contributed by atoms with Crippen LogP contribution in [0.3, 0.4) is 0 Å². The number of nitrogens with one attached hydrogen (secondary N) is 1. The lowest BCUT2D eigenvalue weighted by molar-refractivity contribution is 0.475. The fraction of sp³-hybridized carbons (Fsp3) is 0.333. The number of rotatable bonds is 4. The molecule has 1 aliphatic carbocycles. The minimum atomic E-state index is 0.183. The number of halogens is 1. The highest BCUT2D eigenvalue weighted by Gasteiger charge is 2.21. The number of aromatic nitrogens is 2. The summed E-state index contributed by atoms with van der Waals surface area (Å²) in [6, 6.07) is 5.49. The van der Waals surface area contributed by atoms with E-state index >= 15 is 0 Å². The van der Waals surface area contributed by atoms with Crippen molar-refractivity contribution >= 4 is 22.9 Å². The van der Waals surface area contributed by atoms with Gasteiger partial charge >= 0.3 is 0 Å². The van der Waals surface area contributed by atoms with Crippen LogP contribution in [-0.2, 0) is 6.54 Å². The van der Waals surface area contributed by atoms with Gasteiger partial charge in [0.05, 0.1) is 5.02 Å². The zero-order valence-corrected chi connectivity index (χ0v) is 11.1. The molecule has 0 aliphatic heterocycles. The van der Waals surface area contributed by atoms with Crippen molar-refractivity contribution in [1.82, 2.24) is 15.5 Å². The van der Waals surface area contributed by atoms with Crippen LogP contribution in [0.25, 0.3) is 10.6 Å². The lowest BCUT2D eigenvalue weighted by Gasteiger charge is -2.00. The van der Waals surface area contributed by atoms with Crippen molar-refractivity contribution < 1.29 is 5.11 Å². The van der Waals surface area contributed by atoms with Crippen LogP contribution in [0.15, 0.2) is 18.2 Å². The van der Waals surface area contributed by atoms with E-state index in [9.17, 15) is 5.11 Å². The van der Waals surface area contributed by atoms with Gasteiger partial charge < -0.3 is 10.4 Å². The molecule has 1 heterocycles. The molecule has 0 saturated heterocycles. The number of phenolic OH excluding ortho intramolecular Hbond substituents is 1. The molecule has 6 heteroatoms.